The summed E-state index contributed by atoms with van der Waals surface area (Å²) in [5.74, 6) is 0.850. The minimum Gasteiger partial charge on any atom is -0.493 e. The molecule has 3 aromatic rings. The first-order chi connectivity index (χ1) is 13.5. The highest BCUT2D eigenvalue weighted by Gasteiger charge is 2.08. The molecule has 0 aliphatic rings. The molecule has 7 heteroatoms. The van der Waals surface area contributed by atoms with Crippen molar-refractivity contribution in [1.29, 1.82) is 0 Å². The second-order valence-corrected chi connectivity index (χ2v) is 6.66. The molecule has 3 rings (SSSR count). The maximum Gasteiger partial charge on any atom is 0.161 e. The Kier molecular flexibility index (Phi) is 6.74. The maximum atomic E-state index is 12.9. The molecule has 0 atom stereocenters. The summed E-state index contributed by atoms with van der Waals surface area (Å²) in [7, 11) is 1.56. The molecule has 3 aromatic carbocycles. The van der Waals surface area contributed by atoms with Crippen LogP contribution in [-0.2, 0) is 6.61 Å². The molecule has 4 nitrogen and oxygen atoms in total. The van der Waals surface area contributed by atoms with E-state index in [0.29, 0.717) is 27.2 Å². The monoisotopic (exact) mass is 418 g/mol. The van der Waals surface area contributed by atoms with E-state index in [1.54, 1.807) is 49.7 Å². The highest BCUT2D eigenvalue weighted by molar-refractivity contribution is 6.35. The highest BCUT2D eigenvalue weighted by atomic mass is 35.5. The van der Waals surface area contributed by atoms with E-state index in [9.17, 15) is 4.39 Å². The fourth-order valence-electron chi connectivity index (χ4n) is 2.38. The van der Waals surface area contributed by atoms with Gasteiger partial charge in [-0.2, -0.15) is 5.10 Å². The van der Waals surface area contributed by atoms with Gasteiger partial charge in [-0.1, -0.05) is 29.3 Å². The lowest BCUT2D eigenvalue weighted by Gasteiger charge is -2.12. The summed E-state index contributed by atoms with van der Waals surface area (Å²) in [5, 5.41) is 5.25. The van der Waals surface area contributed by atoms with Crippen LogP contribution in [0.15, 0.2) is 65.8 Å². The van der Waals surface area contributed by atoms with Crippen molar-refractivity contribution in [2.24, 2.45) is 5.10 Å². The second kappa shape index (κ2) is 9.44. The number of ether oxygens (including phenoxy) is 2. The van der Waals surface area contributed by atoms with E-state index in [1.807, 2.05) is 12.1 Å². The summed E-state index contributed by atoms with van der Waals surface area (Å²) in [4.78, 5) is 0. The number of anilines is 1. The first-order valence-electron chi connectivity index (χ1n) is 8.34. The first-order valence-corrected chi connectivity index (χ1v) is 9.10. The van der Waals surface area contributed by atoms with Crippen LogP contribution in [0.25, 0.3) is 0 Å². The van der Waals surface area contributed by atoms with E-state index in [1.165, 1.54) is 12.1 Å². The molecule has 0 aromatic heterocycles. The average molecular weight is 419 g/mol. The van der Waals surface area contributed by atoms with E-state index in [-0.39, 0.29) is 12.4 Å². The summed E-state index contributed by atoms with van der Waals surface area (Å²) >= 11 is 12.1. The number of halogens is 3. The van der Waals surface area contributed by atoms with Gasteiger partial charge in [-0.25, -0.2) is 4.39 Å². The van der Waals surface area contributed by atoms with Crippen molar-refractivity contribution in [3.63, 3.8) is 0 Å². The van der Waals surface area contributed by atoms with Crippen LogP contribution in [0.3, 0.4) is 0 Å². The Morgan fingerprint density at radius 2 is 1.79 bits per heavy atom. The Labute approximate surface area is 172 Å². The number of benzene rings is 3. The minimum absolute atomic E-state index is 0.284. The predicted molar refractivity (Wildman–Crippen MR) is 111 cm³/mol. The summed E-state index contributed by atoms with van der Waals surface area (Å²) < 4.78 is 24.1. The Bertz CT molecular complexity index is 979. The third-order valence-corrected chi connectivity index (χ3v) is 4.42. The van der Waals surface area contributed by atoms with Gasteiger partial charge in [0.15, 0.2) is 11.5 Å². The van der Waals surface area contributed by atoms with Gasteiger partial charge in [0.1, 0.15) is 12.4 Å². The second-order valence-electron chi connectivity index (χ2n) is 5.81. The van der Waals surface area contributed by atoms with E-state index >= 15 is 0 Å². The van der Waals surface area contributed by atoms with E-state index in [2.05, 4.69) is 10.5 Å². The summed E-state index contributed by atoms with van der Waals surface area (Å²) in [6.07, 6.45) is 1.63. The number of rotatable bonds is 7. The molecule has 0 saturated carbocycles. The van der Waals surface area contributed by atoms with Gasteiger partial charge in [0, 0.05) is 15.6 Å². The van der Waals surface area contributed by atoms with Gasteiger partial charge in [-0.15, -0.1) is 0 Å². The van der Waals surface area contributed by atoms with E-state index in [0.717, 1.165) is 11.1 Å². The molecule has 0 saturated heterocycles. The fourth-order valence-corrected chi connectivity index (χ4v) is 2.85. The topological polar surface area (TPSA) is 42.8 Å². The summed E-state index contributed by atoms with van der Waals surface area (Å²) in [6, 6.07) is 16.6. The summed E-state index contributed by atoms with van der Waals surface area (Å²) in [6.45, 7) is 0.284. The molecule has 0 aliphatic heterocycles. The molecule has 0 spiro atoms. The predicted octanol–water partition coefficient (Wildman–Crippen LogP) is 6.17. The highest BCUT2D eigenvalue weighted by Crippen LogP contribution is 2.29. The Morgan fingerprint density at radius 3 is 2.50 bits per heavy atom. The lowest BCUT2D eigenvalue weighted by Crippen LogP contribution is -1.99. The largest absolute Gasteiger partial charge is 0.493 e. The van der Waals surface area contributed by atoms with Crippen molar-refractivity contribution in [3.8, 4) is 11.5 Å². The smallest absolute Gasteiger partial charge is 0.161 e. The van der Waals surface area contributed by atoms with Crippen LogP contribution in [0.5, 0.6) is 11.5 Å². The molecule has 144 valence electrons. The molecular weight excluding hydrogens is 402 g/mol. The first kappa shape index (κ1) is 20.0. The van der Waals surface area contributed by atoms with Crippen LogP contribution in [0, 0.1) is 5.82 Å². The van der Waals surface area contributed by atoms with E-state index in [4.69, 9.17) is 32.7 Å². The van der Waals surface area contributed by atoms with Gasteiger partial charge >= 0.3 is 0 Å². The van der Waals surface area contributed by atoms with Gasteiger partial charge in [-0.3, -0.25) is 5.43 Å². The number of methoxy groups -OCH3 is 1. The lowest BCUT2D eigenvalue weighted by molar-refractivity contribution is 0.284. The molecule has 28 heavy (non-hydrogen) atoms. The van der Waals surface area contributed by atoms with E-state index < -0.39 is 0 Å². The molecule has 0 unspecified atom stereocenters. The Hall–Kier alpha value is -2.76. The van der Waals surface area contributed by atoms with Gasteiger partial charge < -0.3 is 9.47 Å². The van der Waals surface area contributed by atoms with Crippen LogP contribution in [0.1, 0.15) is 11.1 Å². The third-order valence-electron chi connectivity index (χ3n) is 3.84. The van der Waals surface area contributed by atoms with Crippen molar-refractivity contribution in [2.75, 3.05) is 12.5 Å². The van der Waals surface area contributed by atoms with Crippen molar-refractivity contribution < 1.29 is 13.9 Å². The normalized spacial score (nSPS) is 10.9. The minimum atomic E-state index is -0.297. The van der Waals surface area contributed by atoms with Gasteiger partial charge in [0.25, 0.3) is 0 Å². The summed E-state index contributed by atoms with van der Waals surface area (Å²) in [5.41, 5.74) is 5.15. The number of nitrogens with one attached hydrogen (secondary N) is 1. The van der Waals surface area contributed by atoms with Crippen molar-refractivity contribution in [3.05, 3.63) is 87.7 Å². The molecular formula is C21H17Cl2FN2O2. The van der Waals surface area contributed by atoms with Gasteiger partial charge in [0.05, 0.1) is 19.0 Å². The lowest BCUT2D eigenvalue weighted by atomic mass is 10.2. The number of nitrogens with zero attached hydrogens (tertiary/aromatic N) is 1. The third kappa shape index (κ3) is 5.38. The molecule has 1 N–H and O–H groups in total. The zero-order chi connectivity index (χ0) is 19.9. The molecule has 0 radical (unpaired) electrons. The Morgan fingerprint density at radius 1 is 1.00 bits per heavy atom. The van der Waals surface area contributed by atoms with Crippen LogP contribution in [0.2, 0.25) is 10.0 Å². The SMILES string of the molecule is COc1cc(/C=N/Nc2ccc(F)cc2)ccc1OCc1ccc(Cl)cc1Cl. The average Bonchev–Trinajstić information content (AvgIpc) is 2.69. The van der Waals surface area contributed by atoms with Gasteiger partial charge in [0.2, 0.25) is 0 Å². The standard InChI is InChI=1S/C21H17Cl2FN2O2/c1-27-21-10-14(12-25-26-18-7-5-17(24)6-8-18)2-9-20(21)28-13-15-3-4-16(22)11-19(15)23/h2-12,26H,13H2,1H3/b25-12+. The Balaban J connectivity index is 1.65. The van der Waals surface area contributed by atoms with Crippen LogP contribution < -0.4 is 14.9 Å². The van der Waals surface area contributed by atoms with Crippen LogP contribution in [0.4, 0.5) is 10.1 Å². The van der Waals surface area contributed by atoms with Crippen molar-refractivity contribution in [2.45, 2.75) is 6.61 Å². The quantitative estimate of drug-likeness (QED) is 0.368. The fraction of sp³-hybridized carbons (Fsp3) is 0.0952. The molecule has 0 heterocycles. The molecule has 0 amide bonds. The maximum absolute atomic E-state index is 12.9. The number of hydrogen-bond acceptors (Lipinski definition) is 4. The van der Waals surface area contributed by atoms with Crippen molar-refractivity contribution in [1.82, 2.24) is 0 Å². The number of hydrazone groups is 1. The molecule has 0 bridgehead atoms. The van der Waals surface area contributed by atoms with Gasteiger partial charge in [-0.05, 0) is 60.2 Å². The van der Waals surface area contributed by atoms with Crippen LogP contribution in [-0.4, -0.2) is 13.3 Å². The zero-order valence-corrected chi connectivity index (χ0v) is 16.5. The zero-order valence-electron chi connectivity index (χ0n) is 15.0. The number of hydrogen-bond donors (Lipinski definition) is 1. The van der Waals surface area contributed by atoms with Crippen molar-refractivity contribution >= 4 is 35.1 Å². The molecule has 0 aliphatic carbocycles. The molecule has 0 fully saturated rings. The van der Waals surface area contributed by atoms with Crippen LogP contribution >= 0.6 is 23.2 Å².